The molecule has 0 spiro atoms. The van der Waals surface area contributed by atoms with Crippen molar-refractivity contribution in [2.75, 3.05) is 12.9 Å². The molecule has 3 heterocycles. The van der Waals surface area contributed by atoms with Gasteiger partial charge < -0.3 is 10.5 Å². The lowest BCUT2D eigenvalue weighted by Gasteiger charge is -2.33. The van der Waals surface area contributed by atoms with Crippen molar-refractivity contribution in [3.63, 3.8) is 0 Å². The lowest BCUT2D eigenvalue weighted by Crippen LogP contribution is -2.41. The van der Waals surface area contributed by atoms with Crippen LogP contribution in [0.5, 0.6) is 0 Å². The maximum atomic E-state index is 15.2. The first-order valence-electron chi connectivity index (χ1n) is 13.0. The number of primary amides is 1. The molecule has 1 aromatic carbocycles. The van der Waals surface area contributed by atoms with Crippen LogP contribution in [0.15, 0.2) is 46.3 Å². The topological polar surface area (TPSA) is 77.0 Å². The highest BCUT2D eigenvalue weighted by molar-refractivity contribution is 7.99. The van der Waals surface area contributed by atoms with Gasteiger partial charge in [0.15, 0.2) is 5.83 Å². The van der Waals surface area contributed by atoms with Gasteiger partial charge in [0.1, 0.15) is 0 Å². The van der Waals surface area contributed by atoms with Crippen molar-refractivity contribution in [2.45, 2.75) is 69.3 Å². The van der Waals surface area contributed by atoms with E-state index in [0.717, 1.165) is 50.0 Å². The number of hydrogen-bond donors (Lipinski definition) is 1. The Balaban J connectivity index is 1.52. The van der Waals surface area contributed by atoms with Crippen LogP contribution >= 0.6 is 11.8 Å². The van der Waals surface area contributed by atoms with E-state index in [9.17, 15) is 4.79 Å². The van der Waals surface area contributed by atoms with Crippen molar-refractivity contribution in [3.05, 3.63) is 47.4 Å². The zero-order chi connectivity index (χ0) is 24.5. The molecule has 5 aliphatic rings. The number of nitrogens with two attached hydrogens (primary N) is 1. The van der Waals surface area contributed by atoms with Crippen LogP contribution in [0.3, 0.4) is 0 Å². The number of ether oxygens (including phenoxy) is 1. The van der Waals surface area contributed by atoms with Gasteiger partial charge in [-0.25, -0.2) is 4.39 Å². The van der Waals surface area contributed by atoms with Crippen LogP contribution in [0.1, 0.15) is 62.7 Å². The number of amides is 1. The van der Waals surface area contributed by atoms with E-state index in [1.165, 1.54) is 17.3 Å². The maximum Gasteiger partial charge on any atom is 0.222 e. The van der Waals surface area contributed by atoms with Crippen LogP contribution in [0.25, 0.3) is 0 Å². The molecule has 6 rings (SSSR count). The minimum absolute atomic E-state index is 0.0128. The SMILES string of the molecule is COC1CSC2CC3CC2C(N=C2CCC(C)C(=NC=C2F)CCCc2cccc1c2)C3C(N)=O. The van der Waals surface area contributed by atoms with E-state index in [1.54, 1.807) is 7.11 Å². The number of carbonyl (C=O) groups excluding carboxylic acids is 1. The van der Waals surface area contributed by atoms with Gasteiger partial charge >= 0.3 is 0 Å². The first kappa shape index (κ1) is 24.7. The smallest absolute Gasteiger partial charge is 0.222 e. The summed E-state index contributed by atoms with van der Waals surface area (Å²) in [5.74, 6) is 0.602. The quantitative estimate of drug-likeness (QED) is 0.591. The van der Waals surface area contributed by atoms with Gasteiger partial charge in [0.2, 0.25) is 5.91 Å². The number of rotatable bonds is 2. The van der Waals surface area contributed by atoms with Crippen molar-refractivity contribution >= 4 is 29.1 Å². The molecule has 7 heteroatoms. The first-order chi connectivity index (χ1) is 16.9. The Morgan fingerprint density at radius 2 is 2.09 bits per heavy atom. The van der Waals surface area contributed by atoms with Crippen LogP contribution in [0.2, 0.25) is 0 Å². The Morgan fingerprint density at radius 1 is 1.23 bits per heavy atom. The molecule has 6 bridgehead atoms. The Morgan fingerprint density at radius 3 is 2.89 bits per heavy atom. The third-order valence-corrected chi connectivity index (χ3v) is 9.97. The van der Waals surface area contributed by atoms with E-state index < -0.39 is 0 Å². The molecule has 0 radical (unpaired) electrons. The molecular weight excluding hydrogens is 461 g/mol. The maximum absolute atomic E-state index is 15.2. The average molecular weight is 498 g/mol. The first-order valence-corrected chi connectivity index (χ1v) is 14.0. The molecule has 1 aromatic rings. The predicted molar refractivity (Wildman–Crippen MR) is 141 cm³/mol. The van der Waals surface area contributed by atoms with E-state index in [-0.39, 0.29) is 47.6 Å². The highest BCUT2D eigenvalue weighted by Crippen LogP contribution is 2.54. The normalized spacial score (nSPS) is 35.4. The summed E-state index contributed by atoms with van der Waals surface area (Å²) in [6, 6.07) is 8.47. The number of methoxy groups -OCH3 is 1. The Bertz CT molecular complexity index is 1050. The Kier molecular flexibility index (Phi) is 7.44. The summed E-state index contributed by atoms with van der Waals surface area (Å²) in [6.45, 7) is 2.17. The number of aliphatic imine (C=N–C) groups is 2. The number of thioether (sulfide) groups is 1. The van der Waals surface area contributed by atoms with Crippen LogP contribution in [0, 0.1) is 23.7 Å². The molecule has 5 nitrogen and oxygen atoms in total. The molecule has 2 saturated carbocycles. The number of allylic oxidation sites excluding steroid dienone is 1. The number of fused-ring (bicyclic) bond motifs is 8. The molecule has 0 saturated heterocycles. The minimum Gasteiger partial charge on any atom is -0.376 e. The second-order valence-corrected chi connectivity index (χ2v) is 11.9. The lowest BCUT2D eigenvalue weighted by molar-refractivity contribution is -0.123. The van der Waals surface area contributed by atoms with E-state index in [2.05, 4.69) is 36.2 Å². The zero-order valence-corrected chi connectivity index (χ0v) is 21.5. The van der Waals surface area contributed by atoms with Crippen molar-refractivity contribution in [2.24, 2.45) is 39.4 Å². The summed E-state index contributed by atoms with van der Waals surface area (Å²) in [5, 5.41) is 0.369. The molecule has 3 aliphatic heterocycles. The molecular formula is C28H36FN3O2S. The van der Waals surface area contributed by atoms with Crippen LogP contribution in [-0.2, 0) is 16.0 Å². The second-order valence-electron chi connectivity index (χ2n) is 10.6. The standard InChI is InChI=1S/C28H36FN3O2S/c1-16-9-10-23-21(29)14-31-22(16)8-4-6-17-5-3-7-18(11-17)24(34-2)15-35-25-13-19-12-20(25)27(32-23)26(19)28(30)33/h3,5,7,11,14,16,19-20,24-27H,4,6,8-10,12-13,15H2,1-2H3,(H2,30,33). The van der Waals surface area contributed by atoms with Gasteiger partial charge in [-0.3, -0.25) is 14.8 Å². The third-order valence-electron chi connectivity index (χ3n) is 8.51. The summed E-state index contributed by atoms with van der Waals surface area (Å²) in [5.41, 5.74) is 9.87. The Labute approximate surface area is 211 Å². The zero-order valence-electron chi connectivity index (χ0n) is 20.7. The molecule has 35 heavy (non-hydrogen) atoms. The summed E-state index contributed by atoms with van der Waals surface area (Å²) >= 11 is 1.91. The summed E-state index contributed by atoms with van der Waals surface area (Å²) < 4.78 is 21.1. The third kappa shape index (κ3) is 5.12. The fraction of sp³-hybridized carbons (Fsp3) is 0.607. The number of halogens is 1. The van der Waals surface area contributed by atoms with Gasteiger partial charge in [0.05, 0.1) is 30.0 Å². The molecule has 7 unspecified atom stereocenters. The number of carbonyl (C=O) groups is 1. The lowest BCUT2D eigenvalue weighted by atomic mass is 9.83. The fourth-order valence-electron chi connectivity index (χ4n) is 6.57. The summed E-state index contributed by atoms with van der Waals surface area (Å²) in [7, 11) is 1.78. The minimum atomic E-state index is -0.363. The largest absolute Gasteiger partial charge is 0.376 e. The second kappa shape index (κ2) is 10.6. The summed E-state index contributed by atoms with van der Waals surface area (Å²) in [4.78, 5) is 21.9. The number of hydrogen-bond acceptors (Lipinski definition) is 5. The van der Waals surface area contributed by atoms with Crippen molar-refractivity contribution in [3.8, 4) is 0 Å². The van der Waals surface area contributed by atoms with E-state index in [0.29, 0.717) is 17.4 Å². The predicted octanol–water partition coefficient (Wildman–Crippen LogP) is 5.44. The molecule has 0 aromatic heterocycles. The molecule has 1 amide bonds. The van der Waals surface area contributed by atoms with Crippen molar-refractivity contribution in [1.29, 1.82) is 0 Å². The summed E-state index contributed by atoms with van der Waals surface area (Å²) in [6.07, 6.45) is 7.43. The van der Waals surface area contributed by atoms with Gasteiger partial charge in [-0.15, -0.1) is 0 Å². The average Bonchev–Trinajstić information content (AvgIpc) is 3.41. The van der Waals surface area contributed by atoms with Gasteiger partial charge in [-0.05, 0) is 73.8 Å². The van der Waals surface area contributed by atoms with E-state index >= 15 is 4.39 Å². The van der Waals surface area contributed by atoms with Crippen molar-refractivity contribution in [1.82, 2.24) is 0 Å². The monoisotopic (exact) mass is 497 g/mol. The van der Waals surface area contributed by atoms with E-state index in [4.69, 9.17) is 15.5 Å². The molecule has 2 aliphatic carbocycles. The molecule has 2 N–H and O–H groups in total. The number of nitrogens with zero attached hydrogens (tertiary/aromatic N) is 2. The highest BCUT2D eigenvalue weighted by Gasteiger charge is 2.55. The van der Waals surface area contributed by atoms with Gasteiger partial charge in [0.25, 0.3) is 0 Å². The molecule has 2 fully saturated rings. The fourth-order valence-corrected chi connectivity index (χ4v) is 8.22. The molecule has 7 atom stereocenters. The van der Waals surface area contributed by atoms with Crippen LogP contribution in [-0.4, -0.2) is 41.5 Å². The van der Waals surface area contributed by atoms with Gasteiger partial charge in [-0.1, -0.05) is 31.2 Å². The highest BCUT2D eigenvalue weighted by atomic mass is 32.2. The van der Waals surface area contributed by atoms with E-state index in [1.807, 2.05) is 11.8 Å². The van der Waals surface area contributed by atoms with Crippen LogP contribution < -0.4 is 5.73 Å². The Hall–Kier alpha value is -1.99. The van der Waals surface area contributed by atoms with Crippen molar-refractivity contribution < 1.29 is 13.9 Å². The number of aryl methyl sites for hydroxylation is 1. The van der Waals surface area contributed by atoms with Crippen LogP contribution in [0.4, 0.5) is 4.39 Å². The van der Waals surface area contributed by atoms with Gasteiger partial charge in [-0.2, -0.15) is 11.8 Å². The van der Waals surface area contributed by atoms with Gasteiger partial charge in [0, 0.05) is 23.8 Å². The number of benzene rings is 1. The molecule has 188 valence electrons.